The van der Waals surface area contributed by atoms with E-state index in [1.54, 1.807) is 0 Å². The summed E-state index contributed by atoms with van der Waals surface area (Å²) in [6.45, 7) is 12.7. The van der Waals surface area contributed by atoms with Crippen molar-refractivity contribution in [2.24, 2.45) is 0 Å². The molecule has 2 heterocycles. The van der Waals surface area contributed by atoms with Crippen LogP contribution < -0.4 is 5.32 Å². The maximum absolute atomic E-state index is 3.84. The van der Waals surface area contributed by atoms with Crippen molar-refractivity contribution in [1.29, 1.82) is 0 Å². The molecule has 1 saturated heterocycles. The van der Waals surface area contributed by atoms with E-state index in [4.69, 9.17) is 0 Å². The van der Waals surface area contributed by atoms with Crippen LogP contribution in [0, 0.1) is 0 Å². The van der Waals surface area contributed by atoms with E-state index in [9.17, 15) is 0 Å². The summed E-state index contributed by atoms with van der Waals surface area (Å²) in [5.41, 5.74) is 0.601. The standard InChI is InChI=1S/C16H28N2S/c1-5-15(4)12-17-16(6-2,7-3)13-18(15)11-14-9-8-10-19-14/h8-10,17H,5-7,11-13H2,1-4H3. The Labute approximate surface area is 122 Å². The minimum Gasteiger partial charge on any atom is -0.308 e. The van der Waals surface area contributed by atoms with Gasteiger partial charge >= 0.3 is 0 Å². The number of nitrogens with zero attached hydrogens (tertiary/aromatic N) is 1. The Hall–Kier alpha value is -0.380. The highest BCUT2D eigenvalue weighted by Crippen LogP contribution is 2.32. The van der Waals surface area contributed by atoms with Gasteiger partial charge in [0.25, 0.3) is 0 Å². The molecule has 1 N–H and O–H groups in total. The van der Waals surface area contributed by atoms with E-state index in [1.165, 1.54) is 30.7 Å². The molecule has 19 heavy (non-hydrogen) atoms. The van der Waals surface area contributed by atoms with Gasteiger partial charge in [-0.3, -0.25) is 4.90 Å². The molecule has 0 aromatic carbocycles. The van der Waals surface area contributed by atoms with Gasteiger partial charge < -0.3 is 5.32 Å². The van der Waals surface area contributed by atoms with Crippen LogP contribution in [0.1, 0.15) is 51.8 Å². The zero-order valence-electron chi connectivity index (χ0n) is 12.8. The van der Waals surface area contributed by atoms with Gasteiger partial charge in [0.2, 0.25) is 0 Å². The Balaban J connectivity index is 2.17. The molecule has 0 spiro atoms. The van der Waals surface area contributed by atoms with Crippen LogP contribution in [-0.4, -0.2) is 29.1 Å². The summed E-state index contributed by atoms with van der Waals surface area (Å²) in [5, 5.41) is 6.03. The summed E-state index contributed by atoms with van der Waals surface area (Å²) in [6, 6.07) is 4.43. The maximum Gasteiger partial charge on any atom is 0.0334 e. The fraction of sp³-hybridized carbons (Fsp3) is 0.750. The lowest BCUT2D eigenvalue weighted by Crippen LogP contribution is -2.68. The molecule has 3 heteroatoms. The van der Waals surface area contributed by atoms with Crippen molar-refractivity contribution in [3.05, 3.63) is 22.4 Å². The second kappa shape index (κ2) is 5.94. The SMILES string of the molecule is CCC1(CC)CN(Cc2cccs2)C(C)(CC)CN1. The first-order valence-corrected chi connectivity index (χ1v) is 8.48. The molecule has 1 atom stereocenters. The zero-order valence-corrected chi connectivity index (χ0v) is 13.6. The van der Waals surface area contributed by atoms with Crippen molar-refractivity contribution < 1.29 is 0 Å². The van der Waals surface area contributed by atoms with Gasteiger partial charge in [-0.2, -0.15) is 0 Å². The minimum atomic E-state index is 0.290. The lowest BCUT2D eigenvalue weighted by atomic mass is 9.83. The zero-order chi connectivity index (χ0) is 13.9. The Bertz CT molecular complexity index is 383. The van der Waals surface area contributed by atoms with E-state index < -0.39 is 0 Å². The van der Waals surface area contributed by atoms with Crippen LogP contribution in [0.3, 0.4) is 0 Å². The van der Waals surface area contributed by atoms with Crippen molar-refractivity contribution in [3.8, 4) is 0 Å². The van der Waals surface area contributed by atoms with Gasteiger partial charge in [-0.1, -0.05) is 26.8 Å². The molecule has 1 fully saturated rings. The summed E-state index contributed by atoms with van der Waals surface area (Å²) in [5.74, 6) is 0. The highest BCUT2D eigenvalue weighted by molar-refractivity contribution is 7.09. The largest absolute Gasteiger partial charge is 0.308 e. The van der Waals surface area contributed by atoms with Gasteiger partial charge in [0, 0.05) is 35.6 Å². The Kier molecular flexibility index (Phi) is 4.70. The first-order chi connectivity index (χ1) is 9.07. The second-order valence-electron chi connectivity index (χ2n) is 6.13. The van der Waals surface area contributed by atoms with Crippen LogP contribution >= 0.6 is 11.3 Å². The Morgan fingerprint density at radius 1 is 1.26 bits per heavy atom. The Morgan fingerprint density at radius 3 is 2.53 bits per heavy atom. The molecule has 1 aromatic heterocycles. The molecule has 1 unspecified atom stereocenters. The summed E-state index contributed by atoms with van der Waals surface area (Å²) < 4.78 is 0. The normalized spacial score (nSPS) is 27.6. The van der Waals surface area contributed by atoms with Crippen molar-refractivity contribution in [1.82, 2.24) is 10.2 Å². The second-order valence-corrected chi connectivity index (χ2v) is 7.16. The van der Waals surface area contributed by atoms with Gasteiger partial charge in [0.1, 0.15) is 0 Å². The third kappa shape index (κ3) is 3.04. The first kappa shape index (κ1) is 15.0. The lowest BCUT2D eigenvalue weighted by Gasteiger charge is -2.53. The molecule has 0 aliphatic carbocycles. The van der Waals surface area contributed by atoms with E-state index in [1.807, 2.05) is 11.3 Å². The number of piperazine rings is 1. The average Bonchev–Trinajstić information content (AvgIpc) is 2.95. The van der Waals surface area contributed by atoms with E-state index in [0.717, 1.165) is 13.1 Å². The summed E-state index contributed by atoms with van der Waals surface area (Å²) in [4.78, 5) is 4.20. The molecule has 0 amide bonds. The fourth-order valence-electron chi connectivity index (χ4n) is 3.01. The fourth-order valence-corrected chi connectivity index (χ4v) is 3.73. The monoisotopic (exact) mass is 280 g/mol. The number of nitrogens with one attached hydrogen (secondary N) is 1. The van der Waals surface area contributed by atoms with Crippen LogP contribution in [0.5, 0.6) is 0 Å². The van der Waals surface area contributed by atoms with Gasteiger partial charge in [-0.05, 0) is 37.6 Å². The summed E-state index contributed by atoms with van der Waals surface area (Å²) >= 11 is 1.88. The molecule has 1 aromatic rings. The molecular weight excluding hydrogens is 252 g/mol. The van der Waals surface area contributed by atoms with Gasteiger partial charge in [-0.25, -0.2) is 0 Å². The lowest BCUT2D eigenvalue weighted by molar-refractivity contribution is 0.00347. The van der Waals surface area contributed by atoms with Crippen LogP contribution in [0.4, 0.5) is 0 Å². The van der Waals surface area contributed by atoms with Gasteiger partial charge in [0.15, 0.2) is 0 Å². The Morgan fingerprint density at radius 2 is 2.00 bits per heavy atom. The minimum absolute atomic E-state index is 0.290. The predicted molar refractivity (Wildman–Crippen MR) is 84.7 cm³/mol. The summed E-state index contributed by atoms with van der Waals surface area (Å²) in [7, 11) is 0. The predicted octanol–water partition coefficient (Wildman–Crippen LogP) is 3.88. The van der Waals surface area contributed by atoms with Crippen LogP contribution in [0.2, 0.25) is 0 Å². The third-order valence-corrected chi connectivity index (χ3v) is 6.00. The first-order valence-electron chi connectivity index (χ1n) is 7.60. The highest BCUT2D eigenvalue weighted by Gasteiger charge is 2.42. The van der Waals surface area contributed by atoms with Crippen LogP contribution in [0.15, 0.2) is 17.5 Å². The quantitative estimate of drug-likeness (QED) is 0.880. The molecule has 108 valence electrons. The average molecular weight is 280 g/mol. The van der Waals surface area contributed by atoms with E-state index in [-0.39, 0.29) is 5.54 Å². The molecule has 1 aliphatic heterocycles. The molecule has 0 bridgehead atoms. The van der Waals surface area contributed by atoms with Crippen LogP contribution in [-0.2, 0) is 6.54 Å². The van der Waals surface area contributed by atoms with Gasteiger partial charge in [-0.15, -0.1) is 11.3 Å². The number of thiophene rings is 1. The number of rotatable bonds is 5. The smallest absolute Gasteiger partial charge is 0.0334 e. The number of hydrogen-bond donors (Lipinski definition) is 1. The molecule has 0 radical (unpaired) electrons. The van der Waals surface area contributed by atoms with Crippen molar-refractivity contribution in [3.63, 3.8) is 0 Å². The topological polar surface area (TPSA) is 15.3 Å². The van der Waals surface area contributed by atoms with E-state index >= 15 is 0 Å². The van der Waals surface area contributed by atoms with E-state index in [0.29, 0.717) is 5.54 Å². The van der Waals surface area contributed by atoms with Crippen molar-refractivity contribution in [2.45, 2.75) is 64.6 Å². The maximum atomic E-state index is 3.84. The summed E-state index contributed by atoms with van der Waals surface area (Å²) in [6.07, 6.45) is 3.63. The van der Waals surface area contributed by atoms with Crippen LogP contribution in [0.25, 0.3) is 0 Å². The van der Waals surface area contributed by atoms with E-state index in [2.05, 4.69) is 55.4 Å². The third-order valence-electron chi connectivity index (χ3n) is 5.14. The van der Waals surface area contributed by atoms with Gasteiger partial charge in [0.05, 0.1) is 0 Å². The number of hydrogen-bond acceptors (Lipinski definition) is 3. The van der Waals surface area contributed by atoms with Crippen molar-refractivity contribution in [2.75, 3.05) is 13.1 Å². The molecular formula is C16H28N2S. The molecule has 2 rings (SSSR count). The molecule has 1 aliphatic rings. The molecule has 2 nitrogen and oxygen atoms in total. The van der Waals surface area contributed by atoms with Crippen molar-refractivity contribution >= 4 is 11.3 Å². The molecule has 0 saturated carbocycles. The highest BCUT2D eigenvalue weighted by atomic mass is 32.1.